The summed E-state index contributed by atoms with van der Waals surface area (Å²) in [4.78, 5) is 23.2. The molecule has 1 fully saturated rings. The lowest BCUT2D eigenvalue weighted by Gasteiger charge is -2.18. The van der Waals surface area contributed by atoms with E-state index in [-0.39, 0.29) is 11.9 Å². The topological polar surface area (TPSA) is 75.4 Å². The minimum absolute atomic E-state index is 0.0706. The fourth-order valence-corrected chi connectivity index (χ4v) is 3.74. The summed E-state index contributed by atoms with van der Waals surface area (Å²) in [6.45, 7) is 1.54. The molecular weight excluding hydrogens is 364 g/mol. The lowest BCUT2D eigenvalue weighted by atomic mass is 10.1. The molecule has 0 spiro atoms. The van der Waals surface area contributed by atoms with Crippen LogP contribution in [0.5, 0.6) is 0 Å². The Balaban J connectivity index is 1.36. The highest BCUT2D eigenvalue weighted by molar-refractivity contribution is 5.94. The highest BCUT2D eigenvalue weighted by Crippen LogP contribution is 2.27. The van der Waals surface area contributed by atoms with Crippen molar-refractivity contribution < 1.29 is 4.79 Å². The first-order valence-corrected chi connectivity index (χ1v) is 9.63. The number of nitrogens with zero attached hydrogens (tertiary/aromatic N) is 5. The molecule has 5 rings (SSSR count). The van der Waals surface area contributed by atoms with Gasteiger partial charge in [0.25, 0.3) is 5.91 Å². The van der Waals surface area contributed by atoms with Crippen molar-refractivity contribution in [3.8, 4) is 11.3 Å². The van der Waals surface area contributed by atoms with Crippen LogP contribution < -0.4 is 10.2 Å². The van der Waals surface area contributed by atoms with E-state index in [4.69, 9.17) is 5.10 Å². The van der Waals surface area contributed by atoms with Crippen LogP contribution in [0.4, 0.5) is 5.82 Å². The Hall–Kier alpha value is -3.74. The Morgan fingerprint density at radius 1 is 1.10 bits per heavy atom. The molecular formula is C22H20N6O. The second-order valence-electron chi connectivity index (χ2n) is 7.12. The number of anilines is 1. The molecule has 0 bridgehead atoms. The van der Waals surface area contributed by atoms with Gasteiger partial charge in [0.1, 0.15) is 5.52 Å². The number of nitrogens with one attached hydrogen (secondary N) is 1. The van der Waals surface area contributed by atoms with Crippen LogP contribution in [0.1, 0.15) is 16.8 Å². The van der Waals surface area contributed by atoms with Gasteiger partial charge in [-0.2, -0.15) is 5.10 Å². The van der Waals surface area contributed by atoms with E-state index in [0.29, 0.717) is 12.1 Å². The maximum absolute atomic E-state index is 12.4. The van der Waals surface area contributed by atoms with Crippen LogP contribution in [0.15, 0.2) is 73.3 Å². The molecule has 0 saturated carbocycles. The average Bonchev–Trinajstić information content (AvgIpc) is 3.42. The number of carbonyl (C=O) groups is 1. The predicted octanol–water partition coefficient (Wildman–Crippen LogP) is 2.80. The number of amides is 1. The standard InChI is InChI=1S/C22H20N6O/c29-22(17-7-4-9-23-14-17)25-18-8-11-27(15-18)21-20-13-19(16-5-2-1-3-6-16)26-28(20)12-10-24-21/h1-7,9-10,12-14,18H,8,11,15H2,(H,25,29)/t18-/m1/s1. The van der Waals surface area contributed by atoms with Gasteiger partial charge < -0.3 is 10.2 Å². The van der Waals surface area contributed by atoms with Gasteiger partial charge in [0.05, 0.1) is 11.3 Å². The van der Waals surface area contributed by atoms with E-state index in [1.807, 2.05) is 28.9 Å². The van der Waals surface area contributed by atoms with E-state index in [1.54, 1.807) is 30.7 Å². The Morgan fingerprint density at radius 2 is 2.00 bits per heavy atom. The summed E-state index contributed by atoms with van der Waals surface area (Å²) in [6, 6.07) is 15.8. The first-order valence-electron chi connectivity index (χ1n) is 9.63. The molecule has 0 aliphatic carbocycles. The zero-order valence-electron chi connectivity index (χ0n) is 15.8. The van der Waals surface area contributed by atoms with Gasteiger partial charge in [0.2, 0.25) is 0 Å². The molecule has 144 valence electrons. The lowest BCUT2D eigenvalue weighted by molar-refractivity contribution is 0.0940. The molecule has 1 aromatic carbocycles. The Labute approximate surface area is 168 Å². The van der Waals surface area contributed by atoms with Crippen molar-refractivity contribution in [3.63, 3.8) is 0 Å². The average molecular weight is 384 g/mol. The van der Waals surface area contributed by atoms with Crippen molar-refractivity contribution in [2.45, 2.75) is 12.5 Å². The molecule has 1 aliphatic heterocycles. The number of fused-ring (bicyclic) bond motifs is 1. The second kappa shape index (κ2) is 7.35. The number of rotatable bonds is 4. The SMILES string of the molecule is O=C(N[C@@H]1CCN(c2nccn3nc(-c4ccccc4)cc23)C1)c1cccnc1. The normalized spacial score (nSPS) is 16.3. The van der Waals surface area contributed by atoms with Crippen molar-refractivity contribution in [2.24, 2.45) is 0 Å². The third-order valence-electron chi connectivity index (χ3n) is 5.19. The van der Waals surface area contributed by atoms with E-state index in [0.717, 1.165) is 35.6 Å². The lowest BCUT2D eigenvalue weighted by Crippen LogP contribution is -2.37. The van der Waals surface area contributed by atoms with Crippen LogP contribution in [0.2, 0.25) is 0 Å². The summed E-state index contributed by atoms with van der Waals surface area (Å²) in [5.41, 5.74) is 3.53. The molecule has 7 nitrogen and oxygen atoms in total. The molecule has 4 heterocycles. The van der Waals surface area contributed by atoms with Crippen molar-refractivity contribution in [1.82, 2.24) is 24.9 Å². The van der Waals surface area contributed by atoms with Crippen LogP contribution in [0.3, 0.4) is 0 Å². The first-order chi connectivity index (χ1) is 14.3. The number of benzene rings is 1. The fraction of sp³-hybridized carbons (Fsp3) is 0.182. The van der Waals surface area contributed by atoms with Crippen LogP contribution in [0, 0.1) is 0 Å². The number of hydrogen-bond donors (Lipinski definition) is 1. The smallest absolute Gasteiger partial charge is 0.253 e. The maximum atomic E-state index is 12.4. The van der Waals surface area contributed by atoms with Gasteiger partial charge in [-0.1, -0.05) is 30.3 Å². The second-order valence-corrected chi connectivity index (χ2v) is 7.12. The van der Waals surface area contributed by atoms with E-state index in [9.17, 15) is 4.79 Å². The van der Waals surface area contributed by atoms with E-state index in [1.165, 1.54) is 0 Å². The molecule has 29 heavy (non-hydrogen) atoms. The minimum atomic E-state index is -0.0909. The van der Waals surface area contributed by atoms with E-state index < -0.39 is 0 Å². The van der Waals surface area contributed by atoms with E-state index >= 15 is 0 Å². The molecule has 1 N–H and O–H groups in total. The monoisotopic (exact) mass is 384 g/mol. The van der Waals surface area contributed by atoms with Crippen molar-refractivity contribution in [2.75, 3.05) is 18.0 Å². The highest BCUT2D eigenvalue weighted by atomic mass is 16.1. The maximum Gasteiger partial charge on any atom is 0.253 e. The molecule has 1 atom stereocenters. The molecule has 0 unspecified atom stereocenters. The van der Waals surface area contributed by atoms with Gasteiger partial charge in [-0.3, -0.25) is 9.78 Å². The largest absolute Gasteiger partial charge is 0.353 e. The van der Waals surface area contributed by atoms with Crippen LogP contribution in [-0.2, 0) is 0 Å². The van der Waals surface area contributed by atoms with Crippen molar-refractivity contribution in [3.05, 3.63) is 78.9 Å². The summed E-state index contributed by atoms with van der Waals surface area (Å²) in [5, 5.41) is 7.80. The zero-order chi connectivity index (χ0) is 19.6. The van der Waals surface area contributed by atoms with Gasteiger partial charge in [0, 0.05) is 49.5 Å². The number of pyridine rings is 1. The van der Waals surface area contributed by atoms with Gasteiger partial charge in [0.15, 0.2) is 5.82 Å². The summed E-state index contributed by atoms with van der Waals surface area (Å²) in [6.07, 6.45) is 7.75. The van der Waals surface area contributed by atoms with Crippen LogP contribution in [0.25, 0.3) is 16.8 Å². The van der Waals surface area contributed by atoms with Crippen molar-refractivity contribution >= 4 is 17.2 Å². The Bertz CT molecular complexity index is 1140. The summed E-state index contributed by atoms with van der Waals surface area (Å²) in [7, 11) is 0. The van der Waals surface area contributed by atoms with Crippen LogP contribution in [-0.4, -0.2) is 44.6 Å². The van der Waals surface area contributed by atoms with Gasteiger partial charge in [-0.15, -0.1) is 0 Å². The molecule has 4 aromatic rings. The molecule has 0 radical (unpaired) electrons. The fourth-order valence-electron chi connectivity index (χ4n) is 3.74. The third-order valence-corrected chi connectivity index (χ3v) is 5.19. The number of hydrogen-bond acceptors (Lipinski definition) is 5. The van der Waals surface area contributed by atoms with Crippen molar-refractivity contribution in [1.29, 1.82) is 0 Å². The van der Waals surface area contributed by atoms with Gasteiger partial charge in [-0.05, 0) is 24.6 Å². The summed E-state index contributed by atoms with van der Waals surface area (Å²) in [5.74, 6) is 0.798. The number of carbonyl (C=O) groups excluding carboxylic acids is 1. The van der Waals surface area contributed by atoms with E-state index in [2.05, 4.69) is 38.4 Å². The molecule has 3 aromatic heterocycles. The molecule has 1 saturated heterocycles. The third kappa shape index (κ3) is 3.42. The first kappa shape index (κ1) is 17.4. The zero-order valence-corrected chi connectivity index (χ0v) is 15.8. The molecule has 7 heteroatoms. The van der Waals surface area contributed by atoms with Gasteiger partial charge in [-0.25, -0.2) is 9.50 Å². The molecule has 1 aliphatic rings. The summed E-state index contributed by atoms with van der Waals surface area (Å²) >= 11 is 0. The Kier molecular flexibility index (Phi) is 4.40. The quantitative estimate of drug-likeness (QED) is 0.586. The minimum Gasteiger partial charge on any atom is -0.353 e. The molecule has 1 amide bonds. The Morgan fingerprint density at radius 3 is 2.83 bits per heavy atom. The van der Waals surface area contributed by atoms with Crippen LogP contribution >= 0.6 is 0 Å². The summed E-state index contributed by atoms with van der Waals surface area (Å²) < 4.78 is 1.87. The number of aromatic nitrogens is 4. The predicted molar refractivity (Wildman–Crippen MR) is 111 cm³/mol. The van der Waals surface area contributed by atoms with Gasteiger partial charge >= 0.3 is 0 Å². The highest BCUT2D eigenvalue weighted by Gasteiger charge is 2.27.